The number of benzene rings is 1. The molecule has 0 amide bonds. The highest BCUT2D eigenvalue weighted by Gasteiger charge is 2.13. The largest absolute Gasteiger partial charge is 0.493 e. The molecule has 6 nitrogen and oxygen atoms in total. The third kappa shape index (κ3) is 4.33. The molecule has 1 atom stereocenters. The van der Waals surface area contributed by atoms with Crippen LogP contribution in [0.5, 0.6) is 11.5 Å². The number of carbonyl (C=O) groups is 1. The summed E-state index contributed by atoms with van der Waals surface area (Å²) in [5.41, 5.74) is 6.78. The van der Waals surface area contributed by atoms with Gasteiger partial charge in [-0.05, 0) is 19.4 Å². The van der Waals surface area contributed by atoms with Gasteiger partial charge in [0, 0.05) is 23.7 Å². The SMILES string of the molecule is COc1cc(C(C)O)c(N)cc1OCCCC(=O)O. The van der Waals surface area contributed by atoms with Gasteiger partial charge in [0.05, 0.1) is 19.8 Å². The summed E-state index contributed by atoms with van der Waals surface area (Å²) in [5, 5.41) is 18.1. The lowest BCUT2D eigenvalue weighted by Crippen LogP contribution is -2.05. The number of hydrogen-bond donors (Lipinski definition) is 3. The normalized spacial score (nSPS) is 11.9. The molecule has 0 aromatic heterocycles. The number of nitrogens with two attached hydrogens (primary N) is 1. The van der Waals surface area contributed by atoms with Crippen molar-refractivity contribution in [2.24, 2.45) is 0 Å². The van der Waals surface area contributed by atoms with Crippen LogP contribution in [0.25, 0.3) is 0 Å². The Bertz CT molecular complexity index is 445. The molecular formula is C13H19NO5. The molecule has 1 aromatic carbocycles. The highest BCUT2D eigenvalue weighted by molar-refractivity contribution is 5.66. The van der Waals surface area contributed by atoms with Gasteiger partial charge in [-0.25, -0.2) is 0 Å². The average Bonchev–Trinajstić information content (AvgIpc) is 2.34. The quantitative estimate of drug-likeness (QED) is 0.513. The molecule has 19 heavy (non-hydrogen) atoms. The molecule has 0 aliphatic carbocycles. The number of hydrogen-bond acceptors (Lipinski definition) is 5. The van der Waals surface area contributed by atoms with E-state index >= 15 is 0 Å². The third-order valence-corrected chi connectivity index (χ3v) is 2.61. The summed E-state index contributed by atoms with van der Waals surface area (Å²) in [6.07, 6.45) is -0.255. The van der Waals surface area contributed by atoms with Gasteiger partial charge in [0.2, 0.25) is 0 Å². The van der Waals surface area contributed by atoms with Gasteiger partial charge in [-0.1, -0.05) is 0 Å². The molecule has 0 bridgehead atoms. The van der Waals surface area contributed by atoms with Crippen LogP contribution in [-0.4, -0.2) is 29.9 Å². The average molecular weight is 269 g/mol. The minimum atomic E-state index is -0.862. The van der Waals surface area contributed by atoms with Crippen molar-refractivity contribution in [2.75, 3.05) is 19.5 Å². The van der Waals surface area contributed by atoms with Crippen LogP contribution in [0.4, 0.5) is 5.69 Å². The van der Waals surface area contributed by atoms with Gasteiger partial charge < -0.3 is 25.4 Å². The van der Waals surface area contributed by atoms with Gasteiger partial charge in [-0.15, -0.1) is 0 Å². The van der Waals surface area contributed by atoms with E-state index in [0.717, 1.165) is 0 Å². The number of rotatable bonds is 7. The molecule has 0 aliphatic heterocycles. The maximum Gasteiger partial charge on any atom is 0.303 e. The van der Waals surface area contributed by atoms with E-state index in [1.165, 1.54) is 7.11 Å². The first-order chi connectivity index (χ1) is 8.95. The lowest BCUT2D eigenvalue weighted by atomic mass is 10.1. The topological polar surface area (TPSA) is 102 Å². The lowest BCUT2D eigenvalue weighted by molar-refractivity contribution is -0.137. The molecule has 0 spiro atoms. The first kappa shape index (κ1) is 15.1. The van der Waals surface area contributed by atoms with E-state index in [1.54, 1.807) is 19.1 Å². The summed E-state index contributed by atoms with van der Waals surface area (Å²) in [7, 11) is 1.49. The summed E-state index contributed by atoms with van der Waals surface area (Å²) in [6, 6.07) is 3.19. The van der Waals surface area contributed by atoms with Gasteiger partial charge in [0.15, 0.2) is 11.5 Å². The van der Waals surface area contributed by atoms with E-state index in [-0.39, 0.29) is 13.0 Å². The molecule has 6 heteroatoms. The van der Waals surface area contributed by atoms with Gasteiger partial charge in [-0.2, -0.15) is 0 Å². The number of nitrogen functional groups attached to an aromatic ring is 1. The minimum absolute atomic E-state index is 0.0452. The molecule has 4 N–H and O–H groups in total. The van der Waals surface area contributed by atoms with Crippen LogP contribution in [0.1, 0.15) is 31.4 Å². The van der Waals surface area contributed by atoms with E-state index in [0.29, 0.717) is 29.2 Å². The number of aliphatic hydroxyl groups is 1. The molecule has 1 unspecified atom stereocenters. The second-order valence-electron chi connectivity index (χ2n) is 4.15. The number of carboxylic acids is 1. The molecule has 0 radical (unpaired) electrons. The molecule has 0 saturated carbocycles. The van der Waals surface area contributed by atoms with E-state index in [9.17, 15) is 9.90 Å². The van der Waals surface area contributed by atoms with Crippen molar-refractivity contribution >= 4 is 11.7 Å². The highest BCUT2D eigenvalue weighted by Crippen LogP contribution is 2.34. The molecule has 106 valence electrons. The van der Waals surface area contributed by atoms with Crippen molar-refractivity contribution in [2.45, 2.75) is 25.9 Å². The van der Waals surface area contributed by atoms with Crippen molar-refractivity contribution in [1.29, 1.82) is 0 Å². The molecule has 0 saturated heterocycles. The van der Waals surface area contributed by atoms with Gasteiger partial charge >= 0.3 is 5.97 Å². The third-order valence-electron chi connectivity index (χ3n) is 2.61. The lowest BCUT2D eigenvalue weighted by Gasteiger charge is -2.15. The molecule has 1 aromatic rings. The minimum Gasteiger partial charge on any atom is -0.493 e. The maximum atomic E-state index is 10.4. The van der Waals surface area contributed by atoms with Gasteiger partial charge in [-0.3, -0.25) is 4.79 Å². The van der Waals surface area contributed by atoms with E-state index in [4.69, 9.17) is 20.3 Å². The van der Waals surface area contributed by atoms with Crippen LogP contribution in [0.15, 0.2) is 12.1 Å². The number of anilines is 1. The van der Waals surface area contributed by atoms with E-state index < -0.39 is 12.1 Å². The number of ether oxygens (including phenoxy) is 2. The first-order valence-corrected chi connectivity index (χ1v) is 5.95. The highest BCUT2D eigenvalue weighted by atomic mass is 16.5. The predicted molar refractivity (Wildman–Crippen MR) is 70.4 cm³/mol. The molecular weight excluding hydrogens is 250 g/mol. The van der Waals surface area contributed by atoms with Crippen molar-refractivity contribution in [3.63, 3.8) is 0 Å². The number of carboxylic acid groups (broad SMARTS) is 1. The Morgan fingerprint density at radius 3 is 2.63 bits per heavy atom. The summed E-state index contributed by atoms with van der Waals surface area (Å²) in [6.45, 7) is 1.87. The van der Waals surface area contributed by atoms with Gasteiger partial charge in [0.25, 0.3) is 0 Å². The zero-order valence-electron chi connectivity index (χ0n) is 11.0. The fourth-order valence-electron chi connectivity index (χ4n) is 1.63. The zero-order valence-corrected chi connectivity index (χ0v) is 11.0. The zero-order chi connectivity index (χ0) is 14.4. The molecule has 0 aliphatic rings. The van der Waals surface area contributed by atoms with Crippen LogP contribution < -0.4 is 15.2 Å². The number of aliphatic carboxylic acids is 1. The summed E-state index contributed by atoms with van der Waals surface area (Å²) in [4.78, 5) is 10.4. The van der Waals surface area contributed by atoms with Crippen LogP contribution in [0.3, 0.4) is 0 Å². The number of aliphatic hydroxyl groups excluding tert-OH is 1. The molecule has 1 rings (SSSR count). The monoisotopic (exact) mass is 269 g/mol. The summed E-state index contributed by atoms with van der Waals surface area (Å²) >= 11 is 0. The Morgan fingerprint density at radius 2 is 2.11 bits per heavy atom. The first-order valence-electron chi connectivity index (χ1n) is 5.95. The van der Waals surface area contributed by atoms with Crippen molar-refractivity contribution in [3.05, 3.63) is 17.7 Å². The Hall–Kier alpha value is -1.95. The summed E-state index contributed by atoms with van der Waals surface area (Å²) < 4.78 is 10.6. The fraction of sp³-hybridized carbons (Fsp3) is 0.462. The second-order valence-corrected chi connectivity index (χ2v) is 4.15. The van der Waals surface area contributed by atoms with Crippen molar-refractivity contribution < 1.29 is 24.5 Å². The Kier molecular flexibility index (Phi) is 5.44. The van der Waals surface area contributed by atoms with Crippen LogP contribution in [-0.2, 0) is 4.79 Å². The van der Waals surface area contributed by atoms with Crippen molar-refractivity contribution in [3.8, 4) is 11.5 Å². The number of methoxy groups -OCH3 is 1. The Balaban J connectivity index is 2.77. The Labute approximate surface area is 111 Å². The van der Waals surface area contributed by atoms with Crippen LogP contribution in [0.2, 0.25) is 0 Å². The van der Waals surface area contributed by atoms with Crippen LogP contribution in [0, 0.1) is 0 Å². The maximum absolute atomic E-state index is 10.4. The van der Waals surface area contributed by atoms with E-state index in [2.05, 4.69) is 0 Å². The fourth-order valence-corrected chi connectivity index (χ4v) is 1.63. The predicted octanol–water partition coefficient (Wildman–Crippen LogP) is 1.57. The smallest absolute Gasteiger partial charge is 0.303 e. The molecule has 0 heterocycles. The standard InChI is InChI=1S/C13H19NO5/c1-8(15)9-6-11(18-2)12(7-10(9)14)19-5-3-4-13(16)17/h6-8,15H,3-5,14H2,1-2H3,(H,16,17). The van der Waals surface area contributed by atoms with Gasteiger partial charge in [0.1, 0.15) is 0 Å². The second kappa shape index (κ2) is 6.84. The molecule has 0 fully saturated rings. The Morgan fingerprint density at radius 1 is 1.42 bits per heavy atom. The van der Waals surface area contributed by atoms with E-state index in [1.807, 2.05) is 0 Å². The van der Waals surface area contributed by atoms with Crippen molar-refractivity contribution in [1.82, 2.24) is 0 Å². The summed E-state index contributed by atoms with van der Waals surface area (Å²) in [5.74, 6) is 0.0368. The van der Waals surface area contributed by atoms with Crippen LogP contribution >= 0.6 is 0 Å².